The van der Waals surface area contributed by atoms with Crippen molar-refractivity contribution in [3.63, 3.8) is 0 Å². The van der Waals surface area contributed by atoms with E-state index in [0.29, 0.717) is 22.8 Å². The molecular formula is C11H14ClN5O. The Hall–Kier alpha value is -1.82. The second-order valence-electron chi connectivity index (χ2n) is 3.96. The molecule has 0 aliphatic carbocycles. The minimum Gasteiger partial charge on any atom is -0.383 e. The van der Waals surface area contributed by atoms with Crippen molar-refractivity contribution in [2.75, 3.05) is 5.73 Å². The van der Waals surface area contributed by atoms with Crippen LogP contribution in [0.3, 0.4) is 0 Å². The fraction of sp³-hybridized carbons (Fsp3) is 0.364. The summed E-state index contributed by atoms with van der Waals surface area (Å²) in [4.78, 5) is 12.1. The first kappa shape index (κ1) is 12.6. The summed E-state index contributed by atoms with van der Waals surface area (Å²) in [5.74, 6) is 0.146. The summed E-state index contributed by atoms with van der Waals surface area (Å²) in [5, 5.41) is 11.1. The minimum absolute atomic E-state index is 0.127. The Morgan fingerprint density at radius 3 is 2.89 bits per heavy atom. The standard InChI is InChI=1S/C11H14ClN5O/c1-3-17-8(10(12)6(2)16-17)4-9(18)7-5-14-15-11(7)13/h5H,3-4H2,1-2H3,(H3,13,14,15). The number of carbonyl (C=O) groups is 1. The van der Waals surface area contributed by atoms with E-state index < -0.39 is 0 Å². The normalized spacial score (nSPS) is 10.8. The van der Waals surface area contributed by atoms with Crippen molar-refractivity contribution >= 4 is 23.2 Å². The summed E-state index contributed by atoms with van der Waals surface area (Å²) in [7, 11) is 0. The first-order valence-electron chi connectivity index (χ1n) is 5.58. The minimum atomic E-state index is -0.127. The molecule has 0 spiro atoms. The molecule has 0 fully saturated rings. The van der Waals surface area contributed by atoms with E-state index in [1.54, 1.807) is 4.68 Å². The van der Waals surface area contributed by atoms with Crippen LogP contribution in [0.15, 0.2) is 6.20 Å². The second kappa shape index (κ2) is 4.81. The highest BCUT2D eigenvalue weighted by molar-refractivity contribution is 6.32. The van der Waals surface area contributed by atoms with Gasteiger partial charge in [0.2, 0.25) is 0 Å². The van der Waals surface area contributed by atoms with E-state index in [0.717, 1.165) is 5.69 Å². The topological polar surface area (TPSA) is 89.6 Å². The fourth-order valence-corrected chi connectivity index (χ4v) is 2.01. The number of carbonyl (C=O) groups excluding carboxylic acids is 1. The molecule has 0 saturated carbocycles. The molecule has 0 radical (unpaired) electrons. The van der Waals surface area contributed by atoms with E-state index in [4.69, 9.17) is 17.3 Å². The summed E-state index contributed by atoms with van der Waals surface area (Å²) < 4.78 is 1.73. The summed E-state index contributed by atoms with van der Waals surface area (Å²) in [6.07, 6.45) is 1.59. The van der Waals surface area contributed by atoms with Gasteiger partial charge >= 0.3 is 0 Å². The molecule has 2 aromatic rings. The van der Waals surface area contributed by atoms with Crippen molar-refractivity contribution in [3.05, 3.63) is 28.2 Å². The van der Waals surface area contributed by atoms with E-state index in [1.165, 1.54) is 6.20 Å². The molecule has 0 aliphatic rings. The van der Waals surface area contributed by atoms with Crippen LogP contribution in [-0.4, -0.2) is 25.8 Å². The van der Waals surface area contributed by atoms with Crippen LogP contribution in [0.25, 0.3) is 0 Å². The van der Waals surface area contributed by atoms with Crippen molar-refractivity contribution in [1.82, 2.24) is 20.0 Å². The molecular weight excluding hydrogens is 254 g/mol. The molecule has 2 aromatic heterocycles. The van der Waals surface area contributed by atoms with E-state index in [-0.39, 0.29) is 18.0 Å². The lowest BCUT2D eigenvalue weighted by Gasteiger charge is -2.04. The number of Topliss-reactive ketones (excluding diaryl/α,β-unsaturated/α-hetero) is 1. The van der Waals surface area contributed by atoms with Gasteiger partial charge in [-0.2, -0.15) is 10.2 Å². The molecule has 3 N–H and O–H groups in total. The van der Waals surface area contributed by atoms with Crippen LogP contribution < -0.4 is 5.73 Å². The van der Waals surface area contributed by atoms with Crippen molar-refractivity contribution in [1.29, 1.82) is 0 Å². The van der Waals surface area contributed by atoms with Gasteiger partial charge in [0, 0.05) is 6.54 Å². The van der Waals surface area contributed by atoms with Crippen molar-refractivity contribution in [3.8, 4) is 0 Å². The number of nitrogen functional groups attached to an aromatic ring is 1. The van der Waals surface area contributed by atoms with E-state index in [1.807, 2.05) is 13.8 Å². The predicted octanol–water partition coefficient (Wildman–Crippen LogP) is 1.60. The van der Waals surface area contributed by atoms with Gasteiger partial charge < -0.3 is 5.73 Å². The molecule has 6 nitrogen and oxygen atoms in total. The maximum absolute atomic E-state index is 12.1. The quantitative estimate of drug-likeness (QED) is 0.824. The Morgan fingerprint density at radius 1 is 1.61 bits per heavy atom. The summed E-state index contributed by atoms with van der Waals surface area (Å²) in [6, 6.07) is 0. The molecule has 2 heterocycles. The number of nitrogens with one attached hydrogen (secondary N) is 1. The number of hydrogen-bond acceptors (Lipinski definition) is 4. The van der Waals surface area contributed by atoms with Gasteiger partial charge in [0.15, 0.2) is 5.78 Å². The van der Waals surface area contributed by atoms with E-state index >= 15 is 0 Å². The largest absolute Gasteiger partial charge is 0.383 e. The van der Waals surface area contributed by atoms with Gasteiger partial charge in [-0.3, -0.25) is 14.6 Å². The fourth-order valence-electron chi connectivity index (χ4n) is 1.80. The molecule has 0 bridgehead atoms. The zero-order valence-corrected chi connectivity index (χ0v) is 11.0. The Morgan fingerprint density at radius 2 is 2.33 bits per heavy atom. The van der Waals surface area contributed by atoms with Crippen molar-refractivity contribution in [2.45, 2.75) is 26.8 Å². The lowest BCUT2D eigenvalue weighted by Crippen LogP contribution is -2.11. The van der Waals surface area contributed by atoms with Crippen LogP contribution in [0.2, 0.25) is 5.02 Å². The van der Waals surface area contributed by atoms with Crippen LogP contribution in [-0.2, 0) is 13.0 Å². The zero-order valence-electron chi connectivity index (χ0n) is 10.2. The van der Waals surface area contributed by atoms with Crippen LogP contribution in [0, 0.1) is 6.92 Å². The average Bonchev–Trinajstić information content (AvgIpc) is 2.87. The van der Waals surface area contributed by atoms with Crippen LogP contribution in [0.4, 0.5) is 5.82 Å². The maximum atomic E-state index is 12.1. The van der Waals surface area contributed by atoms with Crippen molar-refractivity contribution in [2.24, 2.45) is 0 Å². The molecule has 0 amide bonds. The molecule has 0 unspecified atom stereocenters. The van der Waals surface area contributed by atoms with Gasteiger partial charge in [0.1, 0.15) is 5.82 Å². The molecule has 7 heteroatoms. The highest BCUT2D eigenvalue weighted by Gasteiger charge is 2.19. The lowest BCUT2D eigenvalue weighted by atomic mass is 10.1. The van der Waals surface area contributed by atoms with Crippen LogP contribution in [0.1, 0.15) is 28.7 Å². The number of nitrogens with two attached hydrogens (primary N) is 1. The van der Waals surface area contributed by atoms with Gasteiger partial charge in [0.05, 0.1) is 34.6 Å². The van der Waals surface area contributed by atoms with Gasteiger partial charge in [-0.25, -0.2) is 0 Å². The third-order valence-electron chi connectivity index (χ3n) is 2.75. The number of rotatable bonds is 4. The smallest absolute Gasteiger partial charge is 0.174 e. The molecule has 0 atom stereocenters. The number of aromatic amines is 1. The monoisotopic (exact) mass is 267 g/mol. The Labute approximate surface area is 109 Å². The maximum Gasteiger partial charge on any atom is 0.174 e. The summed E-state index contributed by atoms with van der Waals surface area (Å²) >= 11 is 6.15. The number of nitrogens with zero attached hydrogens (tertiary/aromatic N) is 3. The lowest BCUT2D eigenvalue weighted by molar-refractivity contribution is 0.0991. The van der Waals surface area contributed by atoms with Crippen molar-refractivity contribution < 1.29 is 4.79 Å². The second-order valence-corrected chi connectivity index (χ2v) is 4.34. The number of halogens is 1. The number of hydrogen-bond donors (Lipinski definition) is 2. The van der Waals surface area contributed by atoms with E-state index in [9.17, 15) is 4.79 Å². The molecule has 0 aromatic carbocycles. The molecule has 18 heavy (non-hydrogen) atoms. The summed E-state index contributed by atoms with van der Waals surface area (Å²) in [6.45, 7) is 4.43. The van der Waals surface area contributed by atoms with Crippen LogP contribution in [0.5, 0.6) is 0 Å². The average molecular weight is 268 g/mol. The Balaban J connectivity index is 2.30. The third-order valence-corrected chi connectivity index (χ3v) is 3.24. The molecule has 0 aliphatic heterocycles. The highest BCUT2D eigenvalue weighted by atomic mass is 35.5. The van der Waals surface area contributed by atoms with Gasteiger partial charge in [-0.15, -0.1) is 0 Å². The van der Waals surface area contributed by atoms with Gasteiger partial charge in [0.25, 0.3) is 0 Å². The number of aromatic nitrogens is 4. The number of H-pyrrole nitrogens is 1. The Bertz CT molecular complexity index is 586. The number of aryl methyl sites for hydroxylation is 2. The van der Waals surface area contributed by atoms with Gasteiger partial charge in [-0.1, -0.05) is 11.6 Å². The summed E-state index contributed by atoms with van der Waals surface area (Å²) in [5.41, 5.74) is 7.43. The highest BCUT2D eigenvalue weighted by Crippen LogP contribution is 2.22. The molecule has 96 valence electrons. The Kier molecular flexibility index (Phi) is 3.38. The zero-order chi connectivity index (χ0) is 13.3. The molecule has 2 rings (SSSR count). The SMILES string of the molecule is CCn1nc(C)c(Cl)c1CC(=O)c1cn[nH]c1N. The van der Waals surface area contributed by atoms with Gasteiger partial charge in [-0.05, 0) is 13.8 Å². The van der Waals surface area contributed by atoms with E-state index in [2.05, 4.69) is 15.3 Å². The first-order chi connectivity index (χ1) is 8.54. The first-order valence-corrected chi connectivity index (χ1v) is 5.96. The third kappa shape index (κ3) is 2.11. The predicted molar refractivity (Wildman–Crippen MR) is 68.7 cm³/mol. The molecule has 0 saturated heterocycles. The number of ketones is 1. The number of anilines is 1. The van der Waals surface area contributed by atoms with Crippen LogP contribution >= 0.6 is 11.6 Å².